The van der Waals surface area contributed by atoms with Crippen molar-refractivity contribution < 1.29 is 9.53 Å². The third-order valence-corrected chi connectivity index (χ3v) is 4.59. The Bertz CT molecular complexity index is 1070. The van der Waals surface area contributed by atoms with Gasteiger partial charge in [-0.1, -0.05) is 0 Å². The lowest BCUT2D eigenvalue weighted by Crippen LogP contribution is -2.37. The van der Waals surface area contributed by atoms with Crippen LogP contribution in [0.1, 0.15) is 39.6 Å². The molecule has 1 amide bonds. The SMILES string of the molecule is CC(NC(=O)OC(C)(C)C)c1nc2ncccc2c(=O)n1-c1ccc(I)cc1. The zero-order valence-electron chi connectivity index (χ0n) is 16.1. The number of nitrogens with zero attached hydrogens (tertiary/aromatic N) is 3. The summed E-state index contributed by atoms with van der Waals surface area (Å²) in [6.07, 6.45) is 1.00. The minimum atomic E-state index is -0.627. The first-order chi connectivity index (χ1) is 13.2. The smallest absolute Gasteiger partial charge is 0.408 e. The van der Waals surface area contributed by atoms with Crippen molar-refractivity contribution in [2.45, 2.75) is 39.3 Å². The average Bonchev–Trinajstić information content (AvgIpc) is 2.61. The van der Waals surface area contributed by atoms with E-state index in [2.05, 4.69) is 37.9 Å². The highest BCUT2D eigenvalue weighted by atomic mass is 127. The Morgan fingerprint density at radius 1 is 1.21 bits per heavy atom. The number of aromatic nitrogens is 3. The summed E-state index contributed by atoms with van der Waals surface area (Å²) in [5, 5.41) is 3.16. The van der Waals surface area contributed by atoms with Gasteiger partial charge in [0, 0.05) is 9.77 Å². The third-order valence-electron chi connectivity index (χ3n) is 3.88. The molecule has 146 valence electrons. The Balaban J connectivity index is 2.12. The number of hydrogen-bond acceptors (Lipinski definition) is 5. The lowest BCUT2D eigenvalue weighted by atomic mass is 10.2. The third kappa shape index (κ3) is 4.49. The summed E-state index contributed by atoms with van der Waals surface area (Å²) in [5.74, 6) is 0.378. The lowest BCUT2D eigenvalue weighted by molar-refractivity contribution is 0.0505. The molecule has 0 bridgehead atoms. The van der Waals surface area contributed by atoms with Gasteiger partial charge >= 0.3 is 6.09 Å². The maximum atomic E-state index is 13.2. The second-order valence-corrected chi connectivity index (χ2v) is 8.58. The molecule has 0 aliphatic rings. The van der Waals surface area contributed by atoms with E-state index in [0.29, 0.717) is 22.5 Å². The number of amides is 1. The molecule has 7 nitrogen and oxygen atoms in total. The quantitative estimate of drug-likeness (QED) is 0.560. The van der Waals surface area contributed by atoms with E-state index in [4.69, 9.17) is 4.74 Å². The van der Waals surface area contributed by atoms with Gasteiger partial charge in [-0.3, -0.25) is 9.36 Å². The number of halogens is 1. The van der Waals surface area contributed by atoms with Crippen LogP contribution in [0.15, 0.2) is 47.4 Å². The van der Waals surface area contributed by atoms with Crippen molar-refractivity contribution in [3.8, 4) is 5.69 Å². The molecular formula is C20H21IN4O3. The summed E-state index contributed by atoms with van der Waals surface area (Å²) < 4.78 is 7.88. The van der Waals surface area contributed by atoms with Crippen LogP contribution in [0, 0.1) is 3.57 Å². The number of fused-ring (bicyclic) bond motifs is 1. The zero-order valence-corrected chi connectivity index (χ0v) is 18.2. The van der Waals surface area contributed by atoms with Gasteiger partial charge in [0.05, 0.1) is 17.1 Å². The van der Waals surface area contributed by atoms with E-state index < -0.39 is 17.7 Å². The van der Waals surface area contributed by atoms with E-state index in [1.165, 1.54) is 4.57 Å². The van der Waals surface area contributed by atoms with Crippen molar-refractivity contribution in [2.75, 3.05) is 0 Å². The minimum absolute atomic E-state index is 0.243. The Hall–Kier alpha value is -2.49. The molecule has 0 fully saturated rings. The molecule has 2 heterocycles. The Labute approximate surface area is 176 Å². The van der Waals surface area contributed by atoms with E-state index in [1.54, 1.807) is 46.0 Å². The second kappa shape index (κ2) is 7.86. The highest BCUT2D eigenvalue weighted by Gasteiger charge is 2.23. The predicted octanol–water partition coefficient (Wildman–Crippen LogP) is 3.97. The molecule has 3 aromatic rings. The molecule has 0 aliphatic heterocycles. The molecule has 1 unspecified atom stereocenters. The van der Waals surface area contributed by atoms with Crippen LogP contribution in [0.2, 0.25) is 0 Å². The minimum Gasteiger partial charge on any atom is -0.444 e. The number of hydrogen-bond donors (Lipinski definition) is 1. The highest BCUT2D eigenvalue weighted by molar-refractivity contribution is 14.1. The van der Waals surface area contributed by atoms with Gasteiger partial charge in [0.1, 0.15) is 11.4 Å². The molecule has 8 heteroatoms. The fourth-order valence-electron chi connectivity index (χ4n) is 2.72. The van der Waals surface area contributed by atoms with Crippen molar-refractivity contribution in [3.63, 3.8) is 0 Å². The maximum Gasteiger partial charge on any atom is 0.408 e. The molecule has 28 heavy (non-hydrogen) atoms. The number of carbonyl (C=O) groups is 1. The number of alkyl carbamates (subject to hydrolysis) is 1. The summed E-state index contributed by atoms with van der Waals surface area (Å²) in [5.41, 5.74) is 0.128. The maximum absolute atomic E-state index is 13.2. The van der Waals surface area contributed by atoms with Crippen molar-refractivity contribution in [3.05, 3.63) is 62.3 Å². The van der Waals surface area contributed by atoms with E-state index in [9.17, 15) is 9.59 Å². The normalized spacial score (nSPS) is 12.6. The lowest BCUT2D eigenvalue weighted by Gasteiger charge is -2.23. The van der Waals surface area contributed by atoms with Crippen molar-refractivity contribution in [1.29, 1.82) is 0 Å². The fraction of sp³-hybridized carbons (Fsp3) is 0.300. The summed E-state index contributed by atoms with van der Waals surface area (Å²) in [4.78, 5) is 34.2. The molecular weight excluding hydrogens is 471 g/mol. The van der Waals surface area contributed by atoms with Gasteiger partial charge in [0.25, 0.3) is 5.56 Å². The number of benzene rings is 1. The topological polar surface area (TPSA) is 86.1 Å². The highest BCUT2D eigenvalue weighted by Crippen LogP contribution is 2.19. The number of nitrogens with one attached hydrogen (secondary N) is 1. The molecule has 1 atom stereocenters. The van der Waals surface area contributed by atoms with Gasteiger partial charge in [-0.15, -0.1) is 0 Å². The number of carbonyl (C=O) groups excluding carboxylic acids is 1. The second-order valence-electron chi connectivity index (χ2n) is 7.33. The van der Waals surface area contributed by atoms with Crippen LogP contribution in [0.5, 0.6) is 0 Å². The Morgan fingerprint density at radius 2 is 1.89 bits per heavy atom. The Kier molecular flexibility index (Phi) is 5.69. The molecule has 3 rings (SSSR count). The monoisotopic (exact) mass is 492 g/mol. The molecule has 0 aliphatic carbocycles. The van der Waals surface area contributed by atoms with Gasteiger partial charge < -0.3 is 10.1 Å². The number of ether oxygens (including phenoxy) is 1. The number of rotatable bonds is 3. The summed E-state index contributed by atoms with van der Waals surface area (Å²) in [7, 11) is 0. The molecule has 0 radical (unpaired) electrons. The summed E-state index contributed by atoms with van der Waals surface area (Å²) in [6.45, 7) is 7.12. The zero-order chi connectivity index (χ0) is 20.5. The largest absolute Gasteiger partial charge is 0.444 e. The Morgan fingerprint density at radius 3 is 2.54 bits per heavy atom. The van der Waals surface area contributed by atoms with Crippen LogP contribution in [0.3, 0.4) is 0 Å². The van der Waals surface area contributed by atoms with Crippen LogP contribution < -0.4 is 10.9 Å². The first-order valence-electron chi connectivity index (χ1n) is 8.79. The van der Waals surface area contributed by atoms with Crippen molar-refractivity contribution in [1.82, 2.24) is 19.9 Å². The van der Waals surface area contributed by atoms with E-state index >= 15 is 0 Å². The van der Waals surface area contributed by atoms with Crippen LogP contribution >= 0.6 is 22.6 Å². The average molecular weight is 492 g/mol. The first-order valence-corrected chi connectivity index (χ1v) is 9.87. The fourth-order valence-corrected chi connectivity index (χ4v) is 3.07. The predicted molar refractivity (Wildman–Crippen MR) is 116 cm³/mol. The summed E-state index contributed by atoms with van der Waals surface area (Å²) >= 11 is 2.20. The standard InChI is InChI=1S/C20H21IN4O3/c1-12(23-19(27)28-20(2,3)4)17-24-16-15(6-5-11-22-16)18(26)25(17)14-9-7-13(21)8-10-14/h5-12H,1-4H3,(H,23,27). The van der Waals surface area contributed by atoms with Crippen LogP contribution in [-0.4, -0.2) is 26.2 Å². The molecule has 2 aromatic heterocycles. The van der Waals surface area contributed by atoms with E-state index in [0.717, 1.165) is 3.57 Å². The summed E-state index contributed by atoms with van der Waals surface area (Å²) in [6, 6.07) is 10.3. The molecule has 0 saturated heterocycles. The van der Waals surface area contributed by atoms with Crippen molar-refractivity contribution in [2.24, 2.45) is 0 Å². The van der Waals surface area contributed by atoms with Crippen molar-refractivity contribution >= 4 is 39.7 Å². The molecule has 0 saturated carbocycles. The van der Waals surface area contributed by atoms with Gasteiger partial charge in [-0.25, -0.2) is 14.8 Å². The van der Waals surface area contributed by atoms with Crippen LogP contribution in [-0.2, 0) is 4.74 Å². The van der Waals surface area contributed by atoms with Crippen LogP contribution in [0.4, 0.5) is 4.79 Å². The molecule has 0 spiro atoms. The first kappa shape index (κ1) is 20.2. The van der Waals surface area contributed by atoms with Gasteiger partial charge in [-0.2, -0.15) is 0 Å². The van der Waals surface area contributed by atoms with Gasteiger partial charge in [0.2, 0.25) is 0 Å². The molecule has 1 N–H and O–H groups in total. The van der Waals surface area contributed by atoms with Gasteiger partial charge in [0.15, 0.2) is 5.65 Å². The number of pyridine rings is 1. The van der Waals surface area contributed by atoms with Crippen LogP contribution in [0.25, 0.3) is 16.7 Å². The molecule has 1 aromatic carbocycles. The van der Waals surface area contributed by atoms with E-state index in [1.807, 2.05) is 24.3 Å². The van der Waals surface area contributed by atoms with E-state index in [-0.39, 0.29) is 5.56 Å². The van der Waals surface area contributed by atoms with Gasteiger partial charge in [-0.05, 0) is 86.7 Å².